The summed E-state index contributed by atoms with van der Waals surface area (Å²) in [6, 6.07) is 9.50. The van der Waals surface area contributed by atoms with Gasteiger partial charge in [-0.25, -0.2) is 4.98 Å². The molecule has 2 aromatic heterocycles. The molecule has 2 heterocycles. The molecule has 6 nitrogen and oxygen atoms in total. The Morgan fingerprint density at radius 2 is 1.96 bits per heavy atom. The van der Waals surface area contributed by atoms with Gasteiger partial charge in [0.05, 0.1) is 32.5 Å². The maximum absolute atomic E-state index is 5.91. The summed E-state index contributed by atoms with van der Waals surface area (Å²) in [6.45, 7) is 2.66. The third kappa shape index (κ3) is 3.74. The third-order valence-corrected chi connectivity index (χ3v) is 3.78. The number of methoxy groups -OCH3 is 2. The third-order valence-electron chi connectivity index (χ3n) is 3.78. The normalized spacial score (nSPS) is 11.8. The van der Waals surface area contributed by atoms with Crippen molar-refractivity contribution < 1.29 is 14.2 Å². The second-order valence-corrected chi connectivity index (χ2v) is 5.56. The molecule has 0 unspecified atom stereocenters. The van der Waals surface area contributed by atoms with Crippen molar-refractivity contribution in [1.82, 2.24) is 14.5 Å². The van der Waals surface area contributed by atoms with E-state index in [-0.39, 0.29) is 6.10 Å². The molecule has 25 heavy (non-hydrogen) atoms. The van der Waals surface area contributed by atoms with E-state index in [1.54, 1.807) is 32.8 Å². The van der Waals surface area contributed by atoms with Gasteiger partial charge in [0, 0.05) is 18.6 Å². The van der Waals surface area contributed by atoms with Gasteiger partial charge in [0.2, 0.25) is 0 Å². The zero-order chi connectivity index (χ0) is 17.6. The second-order valence-electron chi connectivity index (χ2n) is 5.56. The van der Waals surface area contributed by atoms with Crippen LogP contribution in [0.25, 0.3) is 11.4 Å². The molecule has 6 heteroatoms. The van der Waals surface area contributed by atoms with Gasteiger partial charge >= 0.3 is 0 Å². The first-order chi connectivity index (χ1) is 12.2. The van der Waals surface area contributed by atoms with Crippen LogP contribution >= 0.6 is 0 Å². The van der Waals surface area contributed by atoms with Crippen LogP contribution in [-0.4, -0.2) is 34.9 Å². The van der Waals surface area contributed by atoms with Gasteiger partial charge < -0.3 is 18.8 Å². The van der Waals surface area contributed by atoms with Crippen molar-refractivity contribution in [2.24, 2.45) is 0 Å². The van der Waals surface area contributed by atoms with E-state index in [0.29, 0.717) is 18.0 Å². The number of aromatic nitrogens is 3. The average Bonchev–Trinajstić information content (AvgIpc) is 3.09. The monoisotopic (exact) mass is 339 g/mol. The number of nitrogens with zero attached hydrogens (tertiary/aromatic N) is 3. The summed E-state index contributed by atoms with van der Waals surface area (Å²) in [5.74, 6) is 2.89. The van der Waals surface area contributed by atoms with E-state index >= 15 is 0 Å². The van der Waals surface area contributed by atoms with Crippen LogP contribution in [0.1, 0.15) is 6.92 Å². The van der Waals surface area contributed by atoms with Crippen molar-refractivity contribution in [3.63, 3.8) is 0 Å². The lowest BCUT2D eigenvalue weighted by Gasteiger charge is -2.18. The van der Waals surface area contributed by atoms with E-state index in [0.717, 1.165) is 17.1 Å². The standard InChI is InChI=1S/C19H21N3O3/c1-14(25-15-6-5-9-20-12-15)13-22-11-10-21-19(22)16-7-4-8-17(23-2)18(16)24-3/h4-12,14H,13H2,1-3H3/t14-/m1/s1. The van der Waals surface area contributed by atoms with Gasteiger partial charge in [-0.2, -0.15) is 0 Å². The Morgan fingerprint density at radius 3 is 2.68 bits per heavy atom. The molecule has 130 valence electrons. The van der Waals surface area contributed by atoms with Crippen LogP contribution < -0.4 is 14.2 Å². The van der Waals surface area contributed by atoms with Crippen molar-refractivity contribution in [3.05, 3.63) is 55.1 Å². The number of imidazole rings is 1. The van der Waals surface area contributed by atoms with E-state index < -0.39 is 0 Å². The molecule has 0 saturated carbocycles. The Hall–Kier alpha value is -3.02. The highest BCUT2D eigenvalue weighted by Crippen LogP contribution is 2.37. The molecule has 0 saturated heterocycles. The van der Waals surface area contributed by atoms with Gasteiger partial charge in [0.15, 0.2) is 11.5 Å². The van der Waals surface area contributed by atoms with Crippen LogP contribution in [-0.2, 0) is 6.54 Å². The fourth-order valence-corrected chi connectivity index (χ4v) is 2.73. The Morgan fingerprint density at radius 1 is 1.08 bits per heavy atom. The first-order valence-corrected chi connectivity index (χ1v) is 8.02. The minimum Gasteiger partial charge on any atom is -0.493 e. The van der Waals surface area contributed by atoms with Crippen molar-refractivity contribution in [3.8, 4) is 28.6 Å². The molecular formula is C19H21N3O3. The number of hydrogen-bond donors (Lipinski definition) is 0. The summed E-state index contributed by atoms with van der Waals surface area (Å²) < 4.78 is 18.9. The summed E-state index contributed by atoms with van der Waals surface area (Å²) in [6.07, 6.45) is 7.08. The van der Waals surface area contributed by atoms with E-state index in [9.17, 15) is 0 Å². The molecule has 0 fully saturated rings. The highest BCUT2D eigenvalue weighted by molar-refractivity contribution is 5.69. The number of pyridine rings is 1. The van der Waals surface area contributed by atoms with Crippen molar-refractivity contribution in [2.45, 2.75) is 19.6 Å². The minimum absolute atomic E-state index is 0.0475. The van der Waals surface area contributed by atoms with E-state index in [1.165, 1.54) is 0 Å². The van der Waals surface area contributed by atoms with Crippen LogP contribution in [0.2, 0.25) is 0 Å². The molecule has 1 aromatic carbocycles. The van der Waals surface area contributed by atoms with E-state index in [2.05, 4.69) is 9.97 Å². The number of benzene rings is 1. The Labute approximate surface area is 147 Å². The smallest absolute Gasteiger partial charge is 0.171 e. The molecule has 0 radical (unpaired) electrons. The first kappa shape index (κ1) is 16.8. The van der Waals surface area contributed by atoms with Crippen LogP contribution in [0.15, 0.2) is 55.1 Å². The Bertz CT molecular complexity index is 818. The van der Waals surface area contributed by atoms with E-state index in [4.69, 9.17) is 14.2 Å². The maximum atomic E-state index is 5.91. The van der Waals surface area contributed by atoms with Crippen molar-refractivity contribution >= 4 is 0 Å². The molecule has 0 aliphatic heterocycles. The predicted molar refractivity (Wildman–Crippen MR) is 95.1 cm³/mol. The van der Waals surface area contributed by atoms with Gasteiger partial charge in [-0.3, -0.25) is 4.98 Å². The molecular weight excluding hydrogens is 318 g/mol. The van der Waals surface area contributed by atoms with Crippen LogP contribution in [0, 0.1) is 0 Å². The summed E-state index contributed by atoms with van der Waals surface area (Å²) >= 11 is 0. The molecule has 0 spiro atoms. The zero-order valence-electron chi connectivity index (χ0n) is 14.5. The molecule has 3 aromatic rings. The van der Waals surface area contributed by atoms with Crippen LogP contribution in [0.4, 0.5) is 0 Å². The van der Waals surface area contributed by atoms with Gasteiger partial charge in [-0.15, -0.1) is 0 Å². The molecule has 0 bridgehead atoms. The molecule has 0 amide bonds. The van der Waals surface area contributed by atoms with Gasteiger partial charge in [0.25, 0.3) is 0 Å². The average molecular weight is 339 g/mol. The molecule has 1 atom stereocenters. The maximum Gasteiger partial charge on any atom is 0.171 e. The van der Waals surface area contributed by atoms with Crippen LogP contribution in [0.3, 0.4) is 0 Å². The summed E-state index contributed by atoms with van der Waals surface area (Å²) in [4.78, 5) is 8.56. The van der Waals surface area contributed by atoms with Crippen LogP contribution in [0.5, 0.6) is 17.2 Å². The lowest BCUT2D eigenvalue weighted by atomic mass is 10.1. The quantitative estimate of drug-likeness (QED) is 0.660. The van der Waals surface area contributed by atoms with Crippen molar-refractivity contribution in [2.75, 3.05) is 14.2 Å². The highest BCUT2D eigenvalue weighted by Gasteiger charge is 2.17. The fourth-order valence-electron chi connectivity index (χ4n) is 2.73. The first-order valence-electron chi connectivity index (χ1n) is 8.02. The lowest BCUT2D eigenvalue weighted by Crippen LogP contribution is -2.19. The van der Waals surface area contributed by atoms with E-state index in [1.807, 2.05) is 48.0 Å². The number of ether oxygens (including phenoxy) is 3. The molecule has 3 rings (SSSR count). The zero-order valence-corrected chi connectivity index (χ0v) is 14.5. The summed E-state index contributed by atoms with van der Waals surface area (Å²) in [5, 5.41) is 0. The largest absolute Gasteiger partial charge is 0.493 e. The summed E-state index contributed by atoms with van der Waals surface area (Å²) in [7, 11) is 3.25. The Kier molecular flexibility index (Phi) is 5.18. The number of rotatable bonds is 7. The number of para-hydroxylation sites is 1. The molecule has 0 N–H and O–H groups in total. The summed E-state index contributed by atoms with van der Waals surface area (Å²) in [5.41, 5.74) is 0.875. The van der Waals surface area contributed by atoms with Gasteiger partial charge in [-0.05, 0) is 31.2 Å². The SMILES string of the molecule is COc1cccc(-c2nccn2C[C@@H](C)Oc2cccnc2)c1OC. The topological polar surface area (TPSA) is 58.4 Å². The second kappa shape index (κ2) is 7.70. The fraction of sp³-hybridized carbons (Fsp3) is 0.263. The minimum atomic E-state index is -0.0475. The predicted octanol–water partition coefficient (Wildman–Crippen LogP) is 3.43. The van der Waals surface area contributed by atoms with Gasteiger partial charge in [0.1, 0.15) is 17.7 Å². The lowest BCUT2D eigenvalue weighted by molar-refractivity contribution is 0.199. The highest BCUT2D eigenvalue weighted by atomic mass is 16.5. The van der Waals surface area contributed by atoms with Gasteiger partial charge in [-0.1, -0.05) is 6.07 Å². The van der Waals surface area contributed by atoms with Crippen molar-refractivity contribution in [1.29, 1.82) is 0 Å². The molecule has 0 aliphatic carbocycles. The molecule has 0 aliphatic rings. The number of hydrogen-bond acceptors (Lipinski definition) is 5. The Balaban J connectivity index is 1.84.